The van der Waals surface area contributed by atoms with Crippen molar-refractivity contribution in [3.63, 3.8) is 0 Å². The first-order valence-electron chi connectivity index (χ1n) is 6.04. The van der Waals surface area contributed by atoms with Crippen molar-refractivity contribution in [2.24, 2.45) is 0 Å². The van der Waals surface area contributed by atoms with Crippen molar-refractivity contribution in [1.29, 1.82) is 0 Å². The molecule has 1 aromatic carbocycles. The van der Waals surface area contributed by atoms with E-state index in [9.17, 15) is 9.59 Å². The number of amides is 3. The number of carbonyl (C=O) groups is 2. The van der Waals surface area contributed by atoms with Crippen LogP contribution in [-0.2, 0) is 0 Å². The van der Waals surface area contributed by atoms with Gasteiger partial charge in [0.1, 0.15) is 0 Å². The van der Waals surface area contributed by atoms with Gasteiger partial charge in [0.05, 0.1) is 5.56 Å². The Morgan fingerprint density at radius 2 is 1.83 bits per heavy atom. The van der Waals surface area contributed by atoms with Crippen LogP contribution in [0.3, 0.4) is 0 Å². The van der Waals surface area contributed by atoms with Crippen LogP contribution < -0.4 is 16.4 Å². The Morgan fingerprint density at radius 3 is 2.39 bits per heavy atom. The molecular formula is C13H19N3O2. The maximum Gasteiger partial charge on any atom is 0.321 e. The number of nitrogen functional groups attached to an aromatic ring is 1. The van der Waals surface area contributed by atoms with Gasteiger partial charge in [-0.2, -0.15) is 0 Å². The molecule has 0 aliphatic carbocycles. The van der Waals surface area contributed by atoms with Gasteiger partial charge in [-0.15, -0.1) is 0 Å². The molecule has 0 unspecified atom stereocenters. The van der Waals surface area contributed by atoms with Crippen LogP contribution >= 0.6 is 0 Å². The molecule has 0 spiro atoms. The van der Waals surface area contributed by atoms with Crippen molar-refractivity contribution in [1.82, 2.24) is 10.6 Å². The van der Waals surface area contributed by atoms with Gasteiger partial charge in [0.2, 0.25) is 0 Å². The number of imide groups is 1. The highest BCUT2D eigenvalue weighted by atomic mass is 16.2. The predicted molar refractivity (Wildman–Crippen MR) is 71.2 cm³/mol. The van der Waals surface area contributed by atoms with Gasteiger partial charge in [0.25, 0.3) is 5.91 Å². The Morgan fingerprint density at radius 1 is 1.22 bits per heavy atom. The minimum atomic E-state index is -0.489. The zero-order valence-corrected chi connectivity index (χ0v) is 10.7. The smallest absolute Gasteiger partial charge is 0.321 e. The SMILES string of the molecule is CCC(CC)NC(=O)NC(=O)c1ccccc1N. The van der Waals surface area contributed by atoms with Crippen LogP contribution in [-0.4, -0.2) is 18.0 Å². The molecule has 0 fully saturated rings. The lowest BCUT2D eigenvalue weighted by molar-refractivity contribution is 0.0964. The van der Waals surface area contributed by atoms with Crippen molar-refractivity contribution >= 4 is 17.6 Å². The lowest BCUT2D eigenvalue weighted by atomic mass is 10.1. The minimum Gasteiger partial charge on any atom is -0.398 e. The third-order valence-corrected chi connectivity index (χ3v) is 2.75. The van der Waals surface area contributed by atoms with E-state index in [4.69, 9.17) is 5.73 Å². The fourth-order valence-corrected chi connectivity index (χ4v) is 1.59. The maximum atomic E-state index is 11.8. The van der Waals surface area contributed by atoms with E-state index in [1.807, 2.05) is 13.8 Å². The number of urea groups is 1. The molecule has 0 radical (unpaired) electrons. The fraction of sp³-hybridized carbons (Fsp3) is 0.385. The molecule has 3 amide bonds. The van der Waals surface area contributed by atoms with Crippen LogP contribution in [0.2, 0.25) is 0 Å². The number of nitrogens with two attached hydrogens (primary N) is 1. The zero-order valence-electron chi connectivity index (χ0n) is 10.7. The fourth-order valence-electron chi connectivity index (χ4n) is 1.59. The summed E-state index contributed by atoms with van der Waals surface area (Å²) in [6, 6.07) is 6.21. The number of anilines is 1. The maximum absolute atomic E-state index is 11.8. The van der Waals surface area contributed by atoms with Gasteiger partial charge in [0.15, 0.2) is 0 Å². The van der Waals surface area contributed by atoms with Crippen LogP contribution in [0.1, 0.15) is 37.0 Å². The highest BCUT2D eigenvalue weighted by molar-refractivity contribution is 6.07. The van der Waals surface area contributed by atoms with Gasteiger partial charge in [-0.3, -0.25) is 10.1 Å². The molecule has 5 nitrogen and oxygen atoms in total. The molecule has 0 bridgehead atoms. The van der Waals surface area contributed by atoms with Crippen molar-refractivity contribution in [2.75, 3.05) is 5.73 Å². The molecule has 1 rings (SSSR count). The summed E-state index contributed by atoms with van der Waals surface area (Å²) in [7, 11) is 0. The molecule has 0 aromatic heterocycles. The first-order chi connectivity index (χ1) is 8.58. The molecule has 0 atom stereocenters. The molecule has 5 heteroatoms. The van der Waals surface area contributed by atoms with Gasteiger partial charge in [-0.05, 0) is 25.0 Å². The van der Waals surface area contributed by atoms with E-state index >= 15 is 0 Å². The number of carbonyl (C=O) groups excluding carboxylic acids is 2. The number of hydrogen-bond donors (Lipinski definition) is 3. The summed E-state index contributed by atoms with van der Waals surface area (Å²) in [5.74, 6) is -0.489. The van der Waals surface area contributed by atoms with E-state index in [0.29, 0.717) is 11.3 Å². The largest absolute Gasteiger partial charge is 0.398 e. The third-order valence-electron chi connectivity index (χ3n) is 2.75. The molecule has 1 aromatic rings. The van der Waals surface area contributed by atoms with Gasteiger partial charge in [-0.1, -0.05) is 26.0 Å². The second-order valence-corrected chi connectivity index (χ2v) is 4.03. The third kappa shape index (κ3) is 3.76. The monoisotopic (exact) mass is 249 g/mol. The molecule has 0 heterocycles. The summed E-state index contributed by atoms with van der Waals surface area (Å²) in [6.45, 7) is 3.96. The normalized spacial score (nSPS) is 10.2. The summed E-state index contributed by atoms with van der Waals surface area (Å²) in [5, 5.41) is 4.99. The standard InChI is InChI=1S/C13H19N3O2/c1-3-9(4-2)15-13(18)16-12(17)10-7-5-6-8-11(10)14/h5-9H,3-4,14H2,1-2H3,(H2,15,16,17,18). The van der Waals surface area contributed by atoms with Crippen molar-refractivity contribution in [2.45, 2.75) is 32.7 Å². The first kappa shape index (κ1) is 14.0. The van der Waals surface area contributed by atoms with Crippen LogP contribution in [0.4, 0.5) is 10.5 Å². The minimum absolute atomic E-state index is 0.0749. The highest BCUT2D eigenvalue weighted by Crippen LogP contribution is 2.09. The Labute approximate surface area is 107 Å². The second-order valence-electron chi connectivity index (χ2n) is 4.03. The van der Waals surface area contributed by atoms with Crippen molar-refractivity contribution in [3.05, 3.63) is 29.8 Å². The highest BCUT2D eigenvalue weighted by Gasteiger charge is 2.14. The van der Waals surface area contributed by atoms with E-state index in [-0.39, 0.29) is 6.04 Å². The number of rotatable bonds is 4. The van der Waals surface area contributed by atoms with Gasteiger partial charge < -0.3 is 11.1 Å². The van der Waals surface area contributed by atoms with E-state index in [2.05, 4.69) is 10.6 Å². The zero-order chi connectivity index (χ0) is 13.5. The number of nitrogens with one attached hydrogen (secondary N) is 2. The van der Waals surface area contributed by atoms with E-state index < -0.39 is 11.9 Å². The van der Waals surface area contributed by atoms with Gasteiger partial charge in [0, 0.05) is 11.7 Å². The molecule has 0 saturated heterocycles. The second kappa shape index (κ2) is 6.64. The molecule has 4 N–H and O–H groups in total. The summed E-state index contributed by atoms with van der Waals surface area (Å²) in [4.78, 5) is 23.4. The number of para-hydroxylation sites is 1. The van der Waals surface area contributed by atoms with Crippen molar-refractivity contribution in [3.8, 4) is 0 Å². The Hall–Kier alpha value is -2.04. The Balaban J connectivity index is 2.60. The Kier molecular flexibility index (Phi) is 5.17. The van der Waals surface area contributed by atoms with Crippen LogP contribution in [0.25, 0.3) is 0 Å². The molecular weight excluding hydrogens is 230 g/mol. The summed E-state index contributed by atoms with van der Waals surface area (Å²) >= 11 is 0. The van der Waals surface area contributed by atoms with Crippen LogP contribution in [0, 0.1) is 0 Å². The molecule has 0 aliphatic heterocycles. The number of benzene rings is 1. The lowest BCUT2D eigenvalue weighted by Gasteiger charge is -2.15. The van der Waals surface area contributed by atoms with Gasteiger partial charge in [-0.25, -0.2) is 4.79 Å². The van der Waals surface area contributed by atoms with Gasteiger partial charge >= 0.3 is 6.03 Å². The van der Waals surface area contributed by atoms with E-state index in [0.717, 1.165) is 12.8 Å². The summed E-state index contributed by atoms with van der Waals surface area (Å²) in [5.41, 5.74) is 6.31. The van der Waals surface area contributed by atoms with Crippen molar-refractivity contribution < 1.29 is 9.59 Å². The average molecular weight is 249 g/mol. The van der Waals surface area contributed by atoms with Crippen LogP contribution in [0.5, 0.6) is 0 Å². The lowest BCUT2D eigenvalue weighted by Crippen LogP contribution is -2.44. The topological polar surface area (TPSA) is 84.2 Å². The predicted octanol–water partition coefficient (Wildman–Crippen LogP) is 1.90. The molecule has 0 saturated carbocycles. The van der Waals surface area contributed by atoms with E-state index in [1.54, 1.807) is 24.3 Å². The first-order valence-corrected chi connectivity index (χ1v) is 6.04. The average Bonchev–Trinajstić information content (AvgIpc) is 2.36. The molecule has 98 valence electrons. The molecule has 18 heavy (non-hydrogen) atoms. The quantitative estimate of drug-likeness (QED) is 0.712. The Bertz CT molecular complexity index is 428. The summed E-state index contributed by atoms with van der Waals surface area (Å²) in [6.07, 6.45) is 1.65. The van der Waals surface area contributed by atoms with Crippen LogP contribution in [0.15, 0.2) is 24.3 Å². The number of hydrogen-bond acceptors (Lipinski definition) is 3. The van der Waals surface area contributed by atoms with E-state index in [1.165, 1.54) is 0 Å². The molecule has 0 aliphatic rings. The summed E-state index contributed by atoms with van der Waals surface area (Å²) < 4.78 is 0.